The maximum atomic E-state index is 5.99. The van der Waals surface area contributed by atoms with Crippen LogP contribution in [-0.4, -0.2) is 19.8 Å². The van der Waals surface area contributed by atoms with Gasteiger partial charge in [0.25, 0.3) is 0 Å². The molecule has 0 bridgehead atoms. The minimum Gasteiger partial charge on any atom is -0.490 e. The van der Waals surface area contributed by atoms with Crippen LogP contribution in [0.5, 0.6) is 5.75 Å². The number of ether oxygens (including phenoxy) is 2. The molecule has 0 amide bonds. The van der Waals surface area contributed by atoms with E-state index in [1.54, 1.807) is 7.11 Å². The van der Waals surface area contributed by atoms with Crippen molar-refractivity contribution in [1.82, 2.24) is 0 Å². The highest BCUT2D eigenvalue weighted by atomic mass is 16.5. The molecule has 22 heavy (non-hydrogen) atoms. The first-order valence-corrected chi connectivity index (χ1v) is 7.60. The summed E-state index contributed by atoms with van der Waals surface area (Å²) in [5.74, 6) is 0.926. The fourth-order valence-corrected chi connectivity index (χ4v) is 3.11. The lowest BCUT2D eigenvalue weighted by atomic mass is 9.94. The van der Waals surface area contributed by atoms with E-state index in [1.165, 1.54) is 32.3 Å². The highest BCUT2D eigenvalue weighted by Crippen LogP contribution is 2.38. The predicted molar refractivity (Wildman–Crippen MR) is 92.1 cm³/mol. The third-order valence-electron chi connectivity index (χ3n) is 4.36. The Morgan fingerprint density at radius 3 is 2.18 bits per heavy atom. The van der Waals surface area contributed by atoms with E-state index in [2.05, 4.69) is 54.6 Å². The van der Waals surface area contributed by atoms with Gasteiger partial charge >= 0.3 is 0 Å². The van der Waals surface area contributed by atoms with Crippen LogP contribution in [0.4, 0.5) is 0 Å². The maximum Gasteiger partial charge on any atom is 0.127 e. The quantitative estimate of drug-likeness (QED) is 0.492. The summed E-state index contributed by atoms with van der Waals surface area (Å²) in [6.45, 7) is 2.57. The first-order chi connectivity index (χ1) is 10.8. The van der Waals surface area contributed by atoms with Gasteiger partial charge in [0, 0.05) is 17.9 Å². The largest absolute Gasteiger partial charge is 0.490 e. The molecule has 4 aromatic carbocycles. The van der Waals surface area contributed by atoms with Crippen molar-refractivity contribution in [2.75, 3.05) is 13.7 Å². The zero-order valence-electron chi connectivity index (χ0n) is 12.8. The third-order valence-corrected chi connectivity index (χ3v) is 4.36. The second-order valence-electron chi connectivity index (χ2n) is 5.78. The van der Waals surface area contributed by atoms with Crippen molar-refractivity contribution in [3.8, 4) is 5.75 Å². The summed E-state index contributed by atoms with van der Waals surface area (Å²) in [5.41, 5.74) is 0. The molecule has 0 aliphatic heterocycles. The number of benzene rings is 4. The van der Waals surface area contributed by atoms with E-state index in [1.807, 2.05) is 6.92 Å². The van der Waals surface area contributed by atoms with Crippen LogP contribution in [0.15, 0.2) is 54.6 Å². The molecule has 4 rings (SSSR count). The van der Waals surface area contributed by atoms with E-state index in [0.29, 0.717) is 6.61 Å². The topological polar surface area (TPSA) is 18.5 Å². The van der Waals surface area contributed by atoms with Gasteiger partial charge in [0.1, 0.15) is 12.4 Å². The average Bonchev–Trinajstić information content (AvgIpc) is 2.58. The summed E-state index contributed by atoms with van der Waals surface area (Å²) < 4.78 is 11.3. The third kappa shape index (κ3) is 1.99. The Labute approximate surface area is 129 Å². The maximum absolute atomic E-state index is 5.99. The van der Waals surface area contributed by atoms with E-state index in [-0.39, 0.29) is 6.10 Å². The standard InChI is InChI=1S/C20H18O2/c1-13(21-2)12-22-18-11-9-16-7-6-14-4-3-5-15-8-10-17(18)20(16)19(14)15/h3-11,13H,12H2,1-2H3. The van der Waals surface area contributed by atoms with Gasteiger partial charge < -0.3 is 9.47 Å². The molecule has 0 heterocycles. The van der Waals surface area contributed by atoms with Gasteiger partial charge in [-0.25, -0.2) is 0 Å². The summed E-state index contributed by atoms with van der Waals surface area (Å²) in [5, 5.41) is 7.59. The molecule has 0 saturated carbocycles. The van der Waals surface area contributed by atoms with Crippen LogP contribution in [0.25, 0.3) is 32.3 Å². The van der Waals surface area contributed by atoms with Crippen LogP contribution in [0.3, 0.4) is 0 Å². The van der Waals surface area contributed by atoms with Crippen molar-refractivity contribution in [2.24, 2.45) is 0 Å². The molecule has 2 heteroatoms. The number of hydrogen-bond acceptors (Lipinski definition) is 2. The monoisotopic (exact) mass is 290 g/mol. The zero-order chi connectivity index (χ0) is 15.1. The minimum absolute atomic E-state index is 0.0820. The van der Waals surface area contributed by atoms with Gasteiger partial charge in [-0.1, -0.05) is 42.5 Å². The molecule has 0 spiro atoms. The Morgan fingerprint density at radius 1 is 0.818 bits per heavy atom. The number of hydrogen-bond donors (Lipinski definition) is 0. The Balaban J connectivity index is 1.96. The summed E-state index contributed by atoms with van der Waals surface area (Å²) in [7, 11) is 1.71. The molecule has 0 aliphatic carbocycles. The van der Waals surface area contributed by atoms with Crippen molar-refractivity contribution in [3.63, 3.8) is 0 Å². The van der Waals surface area contributed by atoms with Crippen LogP contribution in [-0.2, 0) is 4.74 Å². The molecule has 2 nitrogen and oxygen atoms in total. The van der Waals surface area contributed by atoms with Crippen LogP contribution >= 0.6 is 0 Å². The molecular weight excluding hydrogens is 272 g/mol. The molecule has 0 saturated heterocycles. The van der Waals surface area contributed by atoms with Gasteiger partial charge in [0.15, 0.2) is 0 Å². The highest BCUT2D eigenvalue weighted by Gasteiger charge is 2.11. The molecule has 0 fully saturated rings. The molecule has 0 aliphatic rings. The molecule has 0 aromatic heterocycles. The second kappa shape index (κ2) is 5.15. The molecule has 0 N–H and O–H groups in total. The molecule has 0 radical (unpaired) electrons. The average molecular weight is 290 g/mol. The van der Waals surface area contributed by atoms with Crippen LogP contribution in [0, 0.1) is 0 Å². The van der Waals surface area contributed by atoms with Crippen molar-refractivity contribution in [2.45, 2.75) is 13.0 Å². The normalized spacial score (nSPS) is 13.2. The van der Waals surface area contributed by atoms with Gasteiger partial charge in [0.2, 0.25) is 0 Å². The van der Waals surface area contributed by atoms with E-state index in [9.17, 15) is 0 Å². The van der Waals surface area contributed by atoms with Gasteiger partial charge in [-0.3, -0.25) is 0 Å². The smallest absolute Gasteiger partial charge is 0.127 e. The van der Waals surface area contributed by atoms with Gasteiger partial charge in [-0.05, 0) is 40.6 Å². The van der Waals surface area contributed by atoms with Crippen molar-refractivity contribution >= 4 is 32.3 Å². The fraction of sp³-hybridized carbons (Fsp3) is 0.200. The molecule has 110 valence electrons. The lowest BCUT2D eigenvalue weighted by Crippen LogP contribution is -2.16. The first kappa shape index (κ1) is 13.4. The fourth-order valence-electron chi connectivity index (χ4n) is 3.11. The van der Waals surface area contributed by atoms with E-state index >= 15 is 0 Å². The zero-order valence-corrected chi connectivity index (χ0v) is 12.8. The van der Waals surface area contributed by atoms with Gasteiger partial charge in [-0.2, -0.15) is 0 Å². The number of methoxy groups -OCH3 is 1. The summed E-state index contributed by atoms with van der Waals surface area (Å²) in [6.07, 6.45) is 0.0820. The minimum atomic E-state index is 0.0820. The van der Waals surface area contributed by atoms with E-state index < -0.39 is 0 Å². The van der Waals surface area contributed by atoms with Crippen molar-refractivity contribution in [1.29, 1.82) is 0 Å². The SMILES string of the molecule is COC(C)COc1ccc2ccc3cccc4ccc1c2c34. The van der Waals surface area contributed by atoms with Crippen LogP contribution in [0.2, 0.25) is 0 Å². The molecule has 1 atom stereocenters. The molecule has 1 unspecified atom stereocenters. The Hall–Kier alpha value is -2.32. The summed E-state index contributed by atoms with van der Waals surface area (Å²) in [4.78, 5) is 0. The number of rotatable bonds is 4. The highest BCUT2D eigenvalue weighted by molar-refractivity contribution is 6.24. The van der Waals surface area contributed by atoms with Crippen LogP contribution < -0.4 is 4.74 Å². The van der Waals surface area contributed by atoms with Crippen LogP contribution in [0.1, 0.15) is 6.92 Å². The first-order valence-electron chi connectivity index (χ1n) is 7.60. The molecule has 4 aromatic rings. The summed E-state index contributed by atoms with van der Waals surface area (Å²) >= 11 is 0. The lowest BCUT2D eigenvalue weighted by molar-refractivity contribution is 0.0722. The Kier molecular flexibility index (Phi) is 3.12. The molecular formula is C20H18O2. The van der Waals surface area contributed by atoms with E-state index in [0.717, 1.165) is 5.75 Å². The van der Waals surface area contributed by atoms with Gasteiger partial charge in [0.05, 0.1) is 6.10 Å². The van der Waals surface area contributed by atoms with Crippen molar-refractivity contribution < 1.29 is 9.47 Å². The lowest BCUT2D eigenvalue weighted by Gasteiger charge is -2.16. The van der Waals surface area contributed by atoms with Gasteiger partial charge in [-0.15, -0.1) is 0 Å². The second-order valence-corrected chi connectivity index (χ2v) is 5.78. The van der Waals surface area contributed by atoms with Crippen molar-refractivity contribution in [3.05, 3.63) is 54.6 Å². The predicted octanol–water partition coefficient (Wildman–Crippen LogP) is 5.00. The van der Waals surface area contributed by atoms with E-state index in [4.69, 9.17) is 9.47 Å². The Morgan fingerprint density at radius 2 is 1.45 bits per heavy atom. The Bertz CT molecular complexity index is 926. The summed E-state index contributed by atoms with van der Waals surface area (Å²) in [6, 6.07) is 19.4.